The first-order valence-electron chi connectivity index (χ1n) is 10.4. The number of hydrogen-bond donors (Lipinski definition) is 1. The van der Waals surface area contributed by atoms with Crippen LogP contribution in [0.25, 0.3) is 22.6 Å². The monoisotopic (exact) mass is 416 g/mol. The second-order valence-corrected chi connectivity index (χ2v) is 7.28. The van der Waals surface area contributed by atoms with Gasteiger partial charge in [-0.25, -0.2) is 14.8 Å². The van der Waals surface area contributed by atoms with Crippen molar-refractivity contribution in [3.8, 4) is 22.6 Å². The summed E-state index contributed by atoms with van der Waals surface area (Å²) in [6.07, 6.45) is 4.79. The Morgan fingerprint density at radius 3 is 2.58 bits per heavy atom. The van der Waals surface area contributed by atoms with Crippen LogP contribution in [-0.2, 0) is 13.0 Å². The molecule has 4 aromatic rings. The van der Waals surface area contributed by atoms with E-state index < -0.39 is 0 Å². The molecule has 0 aliphatic heterocycles. The molecule has 0 spiro atoms. The fraction of sp³-hybridized carbons (Fsp3) is 0.318. The Hall–Kier alpha value is -3.75. The van der Waals surface area contributed by atoms with E-state index in [0.717, 1.165) is 47.5 Å². The lowest BCUT2D eigenvalue weighted by Gasteiger charge is -2.08. The summed E-state index contributed by atoms with van der Waals surface area (Å²) in [4.78, 5) is 21.4. The third kappa shape index (κ3) is 4.55. The Labute approximate surface area is 180 Å². The summed E-state index contributed by atoms with van der Waals surface area (Å²) in [6.45, 7) is 4.58. The molecule has 0 unspecified atom stereocenters. The topological polar surface area (TPSA) is 115 Å². The number of hydrogen-bond acceptors (Lipinski definition) is 7. The third-order valence-electron chi connectivity index (χ3n) is 4.91. The number of rotatable bonds is 9. The van der Waals surface area contributed by atoms with E-state index >= 15 is 0 Å². The number of benzene rings is 1. The maximum absolute atomic E-state index is 12.2. The minimum Gasteiger partial charge on any atom is -0.291 e. The lowest BCUT2D eigenvalue weighted by atomic mass is 10.0. The van der Waals surface area contributed by atoms with Gasteiger partial charge in [0.1, 0.15) is 5.82 Å². The molecule has 9 nitrogen and oxygen atoms in total. The van der Waals surface area contributed by atoms with E-state index in [1.165, 1.54) is 0 Å². The summed E-state index contributed by atoms with van der Waals surface area (Å²) >= 11 is 0. The molecule has 0 radical (unpaired) electrons. The number of Topliss-reactive ketones (excluding diaryl/α,β-unsaturated/α-hetero) is 1. The zero-order valence-electron chi connectivity index (χ0n) is 17.6. The summed E-state index contributed by atoms with van der Waals surface area (Å²) in [7, 11) is 0. The molecule has 1 aromatic carbocycles. The van der Waals surface area contributed by atoms with Gasteiger partial charge < -0.3 is 0 Å². The van der Waals surface area contributed by atoms with Crippen molar-refractivity contribution in [2.24, 2.45) is 0 Å². The minimum absolute atomic E-state index is 0.00871. The average Bonchev–Trinajstić information content (AvgIpc) is 3.46. The van der Waals surface area contributed by atoms with Crippen LogP contribution in [0, 0.1) is 0 Å². The van der Waals surface area contributed by atoms with Gasteiger partial charge in [-0.2, -0.15) is 0 Å². The fourth-order valence-corrected chi connectivity index (χ4v) is 3.40. The maximum atomic E-state index is 12.2. The summed E-state index contributed by atoms with van der Waals surface area (Å²) in [5.74, 6) is 1.72. The van der Waals surface area contributed by atoms with Gasteiger partial charge in [-0.1, -0.05) is 44.2 Å². The quantitative estimate of drug-likeness (QED) is 0.415. The van der Waals surface area contributed by atoms with Crippen molar-refractivity contribution in [3.63, 3.8) is 0 Å². The molecule has 3 aromatic heterocycles. The highest BCUT2D eigenvalue weighted by molar-refractivity contribution is 5.92. The number of nitrogens with one attached hydrogen (secondary N) is 1. The lowest BCUT2D eigenvalue weighted by molar-refractivity contribution is 0.0971. The Morgan fingerprint density at radius 2 is 1.90 bits per heavy atom. The lowest BCUT2D eigenvalue weighted by Crippen LogP contribution is -2.08. The number of carbonyl (C=O) groups is 1. The van der Waals surface area contributed by atoms with Crippen molar-refractivity contribution in [3.05, 3.63) is 59.8 Å². The van der Waals surface area contributed by atoms with Gasteiger partial charge >= 0.3 is 0 Å². The fourth-order valence-electron chi connectivity index (χ4n) is 3.40. The van der Waals surface area contributed by atoms with Crippen LogP contribution in [0.2, 0.25) is 0 Å². The van der Waals surface area contributed by atoms with Gasteiger partial charge in [0.2, 0.25) is 11.6 Å². The summed E-state index contributed by atoms with van der Waals surface area (Å²) in [6, 6.07) is 11.8. The molecule has 1 N–H and O–H groups in total. The molecule has 9 heteroatoms. The van der Waals surface area contributed by atoms with E-state index in [-0.39, 0.29) is 5.78 Å². The number of pyridine rings is 1. The van der Waals surface area contributed by atoms with Crippen LogP contribution in [0.15, 0.2) is 42.6 Å². The number of tetrazole rings is 1. The number of aromatic nitrogens is 8. The van der Waals surface area contributed by atoms with Crippen molar-refractivity contribution >= 4 is 5.78 Å². The largest absolute Gasteiger partial charge is 0.291 e. The standard InChI is InChI=1S/C22H24N8O/c1-3-7-19(31)22-24-20(8-4-2)30(27-22)14-15-11-12-18(23-13-15)16-9-5-6-10-17(16)21-25-28-29-26-21/h5-6,9-13H,3-4,7-8,14H2,1-2H3,(H,25,26,28,29). The minimum atomic E-state index is -0.00871. The molecular weight excluding hydrogens is 392 g/mol. The van der Waals surface area contributed by atoms with Crippen LogP contribution in [0.3, 0.4) is 0 Å². The molecule has 0 amide bonds. The van der Waals surface area contributed by atoms with E-state index in [9.17, 15) is 4.79 Å². The number of nitrogens with zero attached hydrogens (tertiary/aromatic N) is 7. The maximum Gasteiger partial charge on any atom is 0.217 e. The second-order valence-electron chi connectivity index (χ2n) is 7.28. The van der Waals surface area contributed by atoms with Crippen molar-refractivity contribution in [1.82, 2.24) is 40.4 Å². The molecular formula is C22H24N8O. The summed E-state index contributed by atoms with van der Waals surface area (Å²) < 4.78 is 1.82. The Balaban J connectivity index is 1.58. The van der Waals surface area contributed by atoms with Gasteiger partial charge in [0.15, 0.2) is 5.82 Å². The van der Waals surface area contributed by atoms with Gasteiger partial charge in [0.25, 0.3) is 0 Å². The van der Waals surface area contributed by atoms with Crippen LogP contribution in [0.5, 0.6) is 0 Å². The highest BCUT2D eigenvalue weighted by Crippen LogP contribution is 2.28. The van der Waals surface area contributed by atoms with Crippen molar-refractivity contribution in [2.75, 3.05) is 0 Å². The molecule has 0 bridgehead atoms. The van der Waals surface area contributed by atoms with Gasteiger partial charge in [-0.15, -0.1) is 10.2 Å². The van der Waals surface area contributed by atoms with Crippen molar-refractivity contribution < 1.29 is 4.79 Å². The normalized spacial score (nSPS) is 11.0. The molecule has 0 aliphatic carbocycles. The predicted molar refractivity (Wildman–Crippen MR) is 115 cm³/mol. The highest BCUT2D eigenvalue weighted by atomic mass is 16.1. The van der Waals surface area contributed by atoms with E-state index in [1.54, 1.807) is 0 Å². The Kier molecular flexibility index (Phi) is 6.21. The van der Waals surface area contributed by atoms with Gasteiger partial charge in [-0.05, 0) is 34.9 Å². The summed E-state index contributed by atoms with van der Waals surface area (Å²) in [5, 5.41) is 18.6. The molecule has 0 saturated carbocycles. The first kappa shape index (κ1) is 20.5. The second kappa shape index (κ2) is 9.38. The molecule has 0 fully saturated rings. The third-order valence-corrected chi connectivity index (χ3v) is 4.91. The molecule has 0 aliphatic rings. The zero-order chi connectivity index (χ0) is 21.6. The van der Waals surface area contributed by atoms with E-state index in [4.69, 9.17) is 0 Å². The number of H-pyrrole nitrogens is 1. The average molecular weight is 416 g/mol. The van der Waals surface area contributed by atoms with Crippen LogP contribution in [-0.4, -0.2) is 46.2 Å². The first-order chi connectivity index (χ1) is 15.2. The van der Waals surface area contributed by atoms with Gasteiger partial charge in [-0.3, -0.25) is 9.78 Å². The number of carbonyl (C=O) groups excluding carboxylic acids is 1. The molecule has 158 valence electrons. The number of aromatic amines is 1. The number of aryl methyl sites for hydroxylation is 1. The smallest absolute Gasteiger partial charge is 0.217 e. The zero-order valence-corrected chi connectivity index (χ0v) is 17.6. The van der Waals surface area contributed by atoms with Crippen LogP contribution < -0.4 is 0 Å². The van der Waals surface area contributed by atoms with E-state index in [2.05, 4.69) is 42.6 Å². The molecule has 3 heterocycles. The predicted octanol–water partition coefficient (Wildman–Crippen LogP) is 3.50. The first-order valence-corrected chi connectivity index (χ1v) is 10.4. The van der Waals surface area contributed by atoms with Gasteiger partial charge in [0.05, 0.1) is 12.2 Å². The highest BCUT2D eigenvalue weighted by Gasteiger charge is 2.16. The molecule has 0 saturated heterocycles. The Bertz CT molecular complexity index is 1150. The molecule has 0 atom stereocenters. The van der Waals surface area contributed by atoms with Gasteiger partial charge in [0, 0.05) is 30.2 Å². The summed E-state index contributed by atoms with van der Waals surface area (Å²) in [5.41, 5.74) is 3.63. The molecule has 4 rings (SSSR count). The van der Waals surface area contributed by atoms with Crippen LogP contribution in [0.4, 0.5) is 0 Å². The van der Waals surface area contributed by atoms with Crippen LogP contribution >= 0.6 is 0 Å². The molecule has 31 heavy (non-hydrogen) atoms. The van der Waals surface area contributed by atoms with E-state index in [0.29, 0.717) is 24.6 Å². The SMILES string of the molecule is CCCC(=O)c1nc(CCC)n(Cc2ccc(-c3ccccc3-c3nnn[nH]3)nc2)n1. The van der Waals surface area contributed by atoms with E-state index in [1.807, 2.05) is 54.2 Å². The Morgan fingerprint density at radius 1 is 1.06 bits per heavy atom. The van der Waals surface area contributed by atoms with Crippen molar-refractivity contribution in [2.45, 2.75) is 46.1 Å². The van der Waals surface area contributed by atoms with Crippen molar-refractivity contribution in [1.29, 1.82) is 0 Å². The van der Waals surface area contributed by atoms with Crippen LogP contribution in [0.1, 0.15) is 55.1 Å². The number of ketones is 1.